The number of carbonyl (C=O) groups is 1. The Morgan fingerprint density at radius 2 is 1.44 bits per heavy atom. The van der Waals surface area contributed by atoms with E-state index >= 15 is 0 Å². The van der Waals surface area contributed by atoms with Gasteiger partial charge in [0.2, 0.25) is 0 Å². The third-order valence-electron chi connectivity index (χ3n) is 3.56. The maximum atomic E-state index is 12.3. The first-order valence-electron chi connectivity index (χ1n) is 7.83. The second kappa shape index (κ2) is 9.48. The quantitative estimate of drug-likeness (QED) is 0.511. The molecule has 0 atom stereocenters. The maximum Gasteiger partial charge on any atom is 0.269 e. The first-order valence-corrected chi connectivity index (χ1v) is 8.24. The Kier molecular flexibility index (Phi) is 7.07. The smallest absolute Gasteiger partial charge is 0.269 e. The van der Waals surface area contributed by atoms with Crippen molar-refractivity contribution < 1.29 is 23.7 Å². The van der Waals surface area contributed by atoms with E-state index in [1.165, 1.54) is 14.2 Å². The fraction of sp³-hybridized carbons (Fsp3) is 0.222. The average Bonchev–Trinajstić information content (AvgIpc) is 2.71. The van der Waals surface area contributed by atoms with Gasteiger partial charge in [0.1, 0.15) is 23.0 Å². The summed E-state index contributed by atoms with van der Waals surface area (Å²) in [5, 5.41) is 3.11. The summed E-state index contributed by atoms with van der Waals surface area (Å²) in [6.07, 6.45) is 0. The lowest BCUT2D eigenvalue weighted by Gasteiger charge is -2.15. The molecular weight excluding hydrogens is 370 g/mol. The van der Waals surface area contributed by atoms with Crippen molar-refractivity contribution in [1.29, 1.82) is 0 Å². The third kappa shape index (κ3) is 5.38. The molecule has 0 saturated carbocycles. The molecule has 1 amide bonds. The van der Waals surface area contributed by atoms with E-state index < -0.39 is 5.91 Å². The van der Waals surface area contributed by atoms with E-state index in [0.29, 0.717) is 34.2 Å². The fourth-order valence-electron chi connectivity index (χ4n) is 2.19. The Morgan fingerprint density at radius 1 is 0.815 bits per heavy atom. The van der Waals surface area contributed by atoms with E-state index in [1.54, 1.807) is 50.6 Å². The summed E-state index contributed by atoms with van der Waals surface area (Å²) < 4.78 is 20.8. The number of hydrogen-bond donors (Lipinski definition) is 3. The number of carbonyl (C=O) groups excluding carboxylic acids is 1. The first kappa shape index (κ1) is 20.1. The van der Waals surface area contributed by atoms with E-state index in [9.17, 15) is 4.79 Å². The van der Waals surface area contributed by atoms with Crippen molar-refractivity contribution >= 4 is 28.9 Å². The molecule has 2 rings (SSSR count). The molecule has 0 heterocycles. The van der Waals surface area contributed by atoms with Crippen LogP contribution in [0.1, 0.15) is 10.4 Å². The van der Waals surface area contributed by atoms with Gasteiger partial charge in [0.15, 0.2) is 5.11 Å². The van der Waals surface area contributed by atoms with E-state index in [2.05, 4.69) is 16.2 Å². The number of benzene rings is 2. The van der Waals surface area contributed by atoms with Crippen LogP contribution in [0.4, 0.5) is 5.69 Å². The van der Waals surface area contributed by atoms with Crippen LogP contribution in [-0.2, 0) is 0 Å². The zero-order valence-electron chi connectivity index (χ0n) is 15.4. The van der Waals surface area contributed by atoms with E-state index in [4.69, 9.17) is 31.2 Å². The summed E-state index contributed by atoms with van der Waals surface area (Å²) >= 11 is 5.21. The van der Waals surface area contributed by atoms with Gasteiger partial charge in [-0.3, -0.25) is 15.6 Å². The number of hydrogen-bond acceptors (Lipinski definition) is 6. The first-order chi connectivity index (χ1) is 13.0. The molecular formula is C18H21N3O5S. The summed E-state index contributed by atoms with van der Waals surface area (Å²) in [7, 11) is 6.12. The molecule has 0 bridgehead atoms. The fourth-order valence-corrected chi connectivity index (χ4v) is 2.35. The normalized spacial score (nSPS) is 9.78. The van der Waals surface area contributed by atoms with Gasteiger partial charge in [-0.15, -0.1) is 0 Å². The summed E-state index contributed by atoms with van der Waals surface area (Å²) in [6, 6.07) is 10.1. The van der Waals surface area contributed by atoms with E-state index in [-0.39, 0.29) is 5.11 Å². The number of thiocarbonyl (C=S) groups is 1. The van der Waals surface area contributed by atoms with Crippen LogP contribution in [0, 0.1) is 0 Å². The van der Waals surface area contributed by atoms with Gasteiger partial charge in [-0.2, -0.15) is 0 Å². The lowest BCUT2D eigenvalue weighted by atomic mass is 10.2. The van der Waals surface area contributed by atoms with Gasteiger partial charge in [-0.25, -0.2) is 0 Å². The minimum absolute atomic E-state index is 0.171. The molecule has 3 N–H and O–H groups in total. The molecule has 8 nitrogen and oxygen atoms in total. The molecule has 0 aliphatic rings. The molecule has 0 radical (unpaired) electrons. The molecule has 0 spiro atoms. The molecule has 9 heteroatoms. The largest absolute Gasteiger partial charge is 0.497 e. The highest BCUT2D eigenvalue weighted by Gasteiger charge is 2.11. The zero-order valence-corrected chi connectivity index (χ0v) is 16.2. The SMILES string of the molecule is COc1cc(OC)cc(C(=O)NNC(=S)Nc2cc(OC)ccc2OC)c1. The van der Waals surface area contributed by atoms with E-state index in [0.717, 1.165) is 0 Å². The second-order valence-electron chi connectivity index (χ2n) is 5.20. The van der Waals surface area contributed by atoms with Crippen molar-refractivity contribution in [2.75, 3.05) is 33.8 Å². The van der Waals surface area contributed by atoms with Crippen LogP contribution in [0.25, 0.3) is 0 Å². The van der Waals surface area contributed by atoms with Crippen LogP contribution in [0.3, 0.4) is 0 Å². The van der Waals surface area contributed by atoms with Gasteiger partial charge in [0, 0.05) is 17.7 Å². The van der Waals surface area contributed by atoms with Crippen molar-refractivity contribution in [1.82, 2.24) is 10.9 Å². The molecule has 0 fully saturated rings. The molecule has 0 aliphatic carbocycles. The van der Waals surface area contributed by atoms with Crippen molar-refractivity contribution in [2.45, 2.75) is 0 Å². The highest BCUT2D eigenvalue weighted by Crippen LogP contribution is 2.28. The number of methoxy groups -OCH3 is 4. The Bertz CT molecular complexity index is 806. The average molecular weight is 391 g/mol. The number of hydrazine groups is 1. The Hall–Kier alpha value is -3.20. The number of amides is 1. The number of nitrogens with one attached hydrogen (secondary N) is 3. The van der Waals surface area contributed by atoms with Crippen LogP contribution in [-0.4, -0.2) is 39.5 Å². The van der Waals surface area contributed by atoms with Gasteiger partial charge in [-0.1, -0.05) is 0 Å². The second-order valence-corrected chi connectivity index (χ2v) is 5.61. The van der Waals surface area contributed by atoms with Crippen LogP contribution in [0.5, 0.6) is 23.0 Å². The van der Waals surface area contributed by atoms with Gasteiger partial charge >= 0.3 is 0 Å². The molecule has 0 unspecified atom stereocenters. The topological polar surface area (TPSA) is 90.1 Å². The third-order valence-corrected chi connectivity index (χ3v) is 3.76. The molecule has 27 heavy (non-hydrogen) atoms. The monoisotopic (exact) mass is 391 g/mol. The molecule has 144 valence electrons. The number of anilines is 1. The molecule has 2 aromatic carbocycles. The summed E-state index contributed by atoms with van der Waals surface area (Å²) in [6.45, 7) is 0. The van der Waals surface area contributed by atoms with Crippen LogP contribution < -0.4 is 35.1 Å². The van der Waals surface area contributed by atoms with E-state index in [1.807, 2.05) is 0 Å². The molecule has 2 aromatic rings. The van der Waals surface area contributed by atoms with Crippen LogP contribution in [0.15, 0.2) is 36.4 Å². The highest BCUT2D eigenvalue weighted by molar-refractivity contribution is 7.80. The lowest BCUT2D eigenvalue weighted by molar-refractivity contribution is 0.0943. The van der Waals surface area contributed by atoms with Crippen molar-refractivity contribution in [3.8, 4) is 23.0 Å². The summed E-state index contributed by atoms with van der Waals surface area (Å²) in [4.78, 5) is 12.3. The van der Waals surface area contributed by atoms with Gasteiger partial charge in [0.05, 0.1) is 34.1 Å². The Morgan fingerprint density at radius 3 is 2.00 bits per heavy atom. The summed E-state index contributed by atoms with van der Waals surface area (Å²) in [5.74, 6) is 1.80. The minimum Gasteiger partial charge on any atom is -0.497 e. The molecule has 0 aromatic heterocycles. The van der Waals surface area contributed by atoms with Gasteiger partial charge < -0.3 is 24.3 Å². The standard InChI is InChI=1S/C18H21N3O5S/c1-23-12-5-6-16(26-4)15(10-12)19-18(27)21-20-17(22)11-7-13(24-2)9-14(8-11)25-3/h5-10H,1-4H3,(H,20,22)(H2,19,21,27). The van der Waals surface area contributed by atoms with Crippen molar-refractivity contribution in [3.05, 3.63) is 42.0 Å². The maximum absolute atomic E-state index is 12.3. The van der Waals surface area contributed by atoms with Crippen LogP contribution in [0.2, 0.25) is 0 Å². The summed E-state index contributed by atoms with van der Waals surface area (Å²) in [5.41, 5.74) is 6.08. The molecule has 0 saturated heterocycles. The predicted molar refractivity (Wildman–Crippen MR) is 106 cm³/mol. The Labute approximate surface area is 162 Å². The number of rotatable bonds is 6. The van der Waals surface area contributed by atoms with Gasteiger partial charge in [0.25, 0.3) is 5.91 Å². The van der Waals surface area contributed by atoms with Gasteiger partial charge in [-0.05, 0) is 36.5 Å². The zero-order chi connectivity index (χ0) is 19.8. The Balaban J connectivity index is 2.02. The van der Waals surface area contributed by atoms with Crippen LogP contribution >= 0.6 is 12.2 Å². The highest BCUT2D eigenvalue weighted by atomic mass is 32.1. The van der Waals surface area contributed by atoms with Crippen molar-refractivity contribution in [3.63, 3.8) is 0 Å². The predicted octanol–water partition coefficient (Wildman–Crippen LogP) is 2.35. The van der Waals surface area contributed by atoms with Crippen molar-refractivity contribution in [2.24, 2.45) is 0 Å². The lowest BCUT2D eigenvalue weighted by Crippen LogP contribution is -2.43. The minimum atomic E-state index is -0.408. The molecule has 0 aliphatic heterocycles. The number of ether oxygens (including phenoxy) is 4.